The van der Waals surface area contributed by atoms with Crippen molar-refractivity contribution in [3.8, 4) is 11.6 Å². The fourth-order valence-electron chi connectivity index (χ4n) is 1.53. The average molecular weight is 326 g/mol. The van der Waals surface area contributed by atoms with Gasteiger partial charge in [0.25, 0.3) is 5.88 Å². The van der Waals surface area contributed by atoms with E-state index in [1.54, 1.807) is 6.92 Å². The summed E-state index contributed by atoms with van der Waals surface area (Å²) < 4.78 is 19.3. The molecule has 0 aliphatic carbocycles. The molecule has 0 amide bonds. The van der Waals surface area contributed by atoms with E-state index >= 15 is 0 Å². The van der Waals surface area contributed by atoms with E-state index in [9.17, 15) is 9.18 Å². The van der Waals surface area contributed by atoms with Crippen molar-refractivity contribution in [3.05, 3.63) is 51.9 Å². The summed E-state index contributed by atoms with van der Waals surface area (Å²) in [5.41, 5.74) is 0.708. The molecule has 98 valence electrons. The quantitative estimate of drug-likeness (QED) is 0.932. The van der Waals surface area contributed by atoms with Crippen molar-refractivity contribution < 1.29 is 19.0 Å². The van der Waals surface area contributed by atoms with Gasteiger partial charge < -0.3 is 9.84 Å². The molecule has 0 unspecified atom stereocenters. The Morgan fingerprint density at radius 1 is 1.42 bits per heavy atom. The van der Waals surface area contributed by atoms with Crippen LogP contribution in [0.3, 0.4) is 0 Å². The number of aromatic nitrogens is 1. The van der Waals surface area contributed by atoms with Crippen LogP contribution in [0.25, 0.3) is 0 Å². The van der Waals surface area contributed by atoms with Gasteiger partial charge in [0.15, 0.2) is 5.82 Å². The molecule has 0 atom stereocenters. The number of halogens is 2. The van der Waals surface area contributed by atoms with Crippen LogP contribution >= 0.6 is 15.9 Å². The Morgan fingerprint density at radius 3 is 2.74 bits per heavy atom. The Labute approximate surface area is 117 Å². The summed E-state index contributed by atoms with van der Waals surface area (Å²) in [7, 11) is 0. The van der Waals surface area contributed by atoms with Gasteiger partial charge in [-0.05, 0) is 52.7 Å². The molecule has 0 saturated carbocycles. The molecule has 4 nitrogen and oxygen atoms in total. The predicted octanol–water partition coefficient (Wildman–Crippen LogP) is 3.78. The third-order valence-corrected chi connectivity index (χ3v) is 2.85. The van der Waals surface area contributed by atoms with Crippen LogP contribution in [0.5, 0.6) is 11.6 Å². The molecule has 0 bridgehead atoms. The lowest BCUT2D eigenvalue weighted by molar-refractivity contribution is 0.0696. The van der Waals surface area contributed by atoms with Crippen LogP contribution in [0.4, 0.5) is 4.39 Å². The number of hydrogen-bond acceptors (Lipinski definition) is 3. The highest BCUT2D eigenvalue weighted by atomic mass is 79.9. The summed E-state index contributed by atoms with van der Waals surface area (Å²) in [6.45, 7) is 1.64. The van der Waals surface area contributed by atoms with Gasteiger partial charge in [-0.1, -0.05) is 0 Å². The third kappa shape index (κ3) is 3.08. The minimum Gasteiger partial charge on any atom is -0.478 e. The standard InChI is InChI=1S/C13H9BrFNO3/c1-7-4-9(2-3-10(7)13(17)18)19-12-11(15)5-8(14)6-16-12/h2-6H,1H3,(H,17,18). The molecule has 1 aromatic heterocycles. The summed E-state index contributed by atoms with van der Waals surface area (Å²) in [5.74, 6) is -1.45. The second kappa shape index (κ2) is 5.36. The number of benzene rings is 1. The van der Waals surface area contributed by atoms with Gasteiger partial charge in [0.05, 0.1) is 5.56 Å². The fourth-order valence-corrected chi connectivity index (χ4v) is 1.83. The first-order chi connectivity index (χ1) is 8.97. The molecule has 0 aliphatic rings. The lowest BCUT2D eigenvalue weighted by Gasteiger charge is -2.08. The summed E-state index contributed by atoms with van der Waals surface area (Å²) in [4.78, 5) is 14.7. The number of carbonyl (C=O) groups is 1. The number of hydrogen-bond donors (Lipinski definition) is 1. The molecule has 19 heavy (non-hydrogen) atoms. The number of carboxylic acid groups (broad SMARTS) is 1. The van der Waals surface area contributed by atoms with Crippen LogP contribution in [0.2, 0.25) is 0 Å². The van der Waals surface area contributed by atoms with E-state index in [-0.39, 0.29) is 11.4 Å². The van der Waals surface area contributed by atoms with E-state index in [0.717, 1.165) is 0 Å². The minimum atomic E-state index is -1.02. The minimum absolute atomic E-state index is 0.161. The van der Waals surface area contributed by atoms with Crippen molar-refractivity contribution in [3.63, 3.8) is 0 Å². The van der Waals surface area contributed by atoms with E-state index in [1.165, 1.54) is 30.5 Å². The first kappa shape index (κ1) is 13.5. The van der Waals surface area contributed by atoms with Gasteiger partial charge >= 0.3 is 5.97 Å². The van der Waals surface area contributed by atoms with Crippen LogP contribution in [-0.4, -0.2) is 16.1 Å². The lowest BCUT2D eigenvalue weighted by atomic mass is 10.1. The molecule has 6 heteroatoms. The average Bonchev–Trinajstić information content (AvgIpc) is 2.32. The Kier molecular flexibility index (Phi) is 3.80. The van der Waals surface area contributed by atoms with Gasteiger partial charge in [-0.3, -0.25) is 0 Å². The zero-order valence-electron chi connectivity index (χ0n) is 9.85. The van der Waals surface area contributed by atoms with Crippen LogP contribution in [-0.2, 0) is 0 Å². The second-order valence-electron chi connectivity index (χ2n) is 3.82. The van der Waals surface area contributed by atoms with E-state index in [1.807, 2.05) is 0 Å². The largest absolute Gasteiger partial charge is 0.478 e. The van der Waals surface area contributed by atoms with Crippen molar-refractivity contribution in [1.82, 2.24) is 4.98 Å². The van der Waals surface area contributed by atoms with Gasteiger partial charge in [-0.25, -0.2) is 14.2 Å². The van der Waals surface area contributed by atoms with Crippen molar-refractivity contribution in [2.45, 2.75) is 6.92 Å². The Balaban J connectivity index is 2.29. The number of aromatic carboxylic acids is 1. The summed E-state index contributed by atoms with van der Waals surface area (Å²) in [6, 6.07) is 5.62. The van der Waals surface area contributed by atoms with Crippen molar-refractivity contribution in [1.29, 1.82) is 0 Å². The van der Waals surface area contributed by atoms with Crippen LogP contribution < -0.4 is 4.74 Å². The molecular formula is C13H9BrFNO3. The number of carboxylic acids is 1. The molecule has 2 aromatic rings. The molecule has 2 rings (SSSR count). The maximum atomic E-state index is 13.5. The summed E-state index contributed by atoms with van der Waals surface area (Å²) >= 11 is 3.10. The van der Waals surface area contributed by atoms with Gasteiger partial charge in [0.2, 0.25) is 0 Å². The molecule has 0 radical (unpaired) electrons. The van der Waals surface area contributed by atoms with Gasteiger partial charge in [-0.2, -0.15) is 0 Å². The molecule has 0 spiro atoms. The van der Waals surface area contributed by atoms with Crippen LogP contribution in [0.15, 0.2) is 34.9 Å². The number of aryl methyl sites for hydroxylation is 1. The zero-order chi connectivity index (χ0) is 14.0. The second-order valence-corrected chi connectivity index (χ2v) is 4.74. The first-order valence-electron chi connectivity index (χ1n) is 5.30. The third-order valence-electron chi connectivity index (χ3n) is 2.42. The van der Waals surface area contributed by atoms with Crippen LogP contribution in [0.1, 0.15) is 15.9 Å². The highest BCUT2D eigenvalue weighted by Crippen LogP contribution is 2.25. The van der Waals surface area contributed by atoms with Gasteiger partial charge in [0.1, 0.15) is 5.75 Å². The maximum absolute atomic E-state index is 13.5. The van der Waals surface area contributed by atoms with Crippen LogP contribution in [0, 0.1) is 12.7 Å². The molecule has 1 aromatic carbocycles. The van der Waals surface area contributed by atoms with Crippen molar-refractivity contribution >= 4 is 21.9 Å². The number of nitrogens with zero attached hydrogens (tertiary/aromatic N) is 1. The molecule has 1 N–H and O–H groups in total. The summed E-state index contributed by atoms with van der Waals surface area (Å²) in [5, 5.41) is 8.90. The van der Waals surface area contributed by atoms with Crippen molar-refractivity contribution in [2.75, 3.05) is 0 Å². The van der Waals surface area contributed by atoms with Gasteiger partial charge in [-0.15, -0.1) is 0 Å². The SMILES string of the molecule is Cc1cc(Oc2ncc(Br)cc2F)ccc1C(=O)O. The Bertz CT molecular complexity index is 646. The van der Waals surface area contributed by atoms with E-state index in [2.05, 4.69) is 20.9 Å². The Morgan fingerprint density at radius 2 is 2.16 bits per heavy atom. The topological polar surface area (TPSA) is 59.4 Å². The smallest absolute Gasteiger partial charge is 0.335 e. The first-order valence-corrected chi connectivity index (χ1v) is 6.09. The molecule has 0 saturated heterocycles. The highest BCUT2D eigenvalue weighted by Gasteiger charge is 2.10. The molecule has 0 fully saturated rings. The lowest BCUT2D eigenvalue weighted by Crippen LogP contribution is -2.00. The zero-order valence-corrected chi connectivity index (χ0v) is 11.4. The Hall–Kier alpha value is -1.95. The highest BCUT2D eigenvalue weighted by molar-refractivity contribution is 9.10. The molecular weight excluding hydrogens is 317 g/mol. The van der Waals surface area contributed by atoms with Gasteiger partial charge in [0, 0.05) is 10.7 Å². The molecule has 1 heterocycles. The molecule has 0 aliphatic heterocycles. The number of ether oxygens (including phenoxy) is 1. The number of pyridine rings is 1. The fraction of sp³-hybridized carbons (Fsp3) is 0.0769. The van der Waals surface area contributed by atoms with E-state index < -0.39 is 11.8 Å². The van der Waals surface area contributed by atoms with E-state index in [0.29, 0.717) is 15.8 Å². The maximum Gasteiger partial charge on any atom is 0.335 e. The normalized spacial score (nSPS) is 10.3. The number of rotatable bonds is 3. The van der Waals surface area contributed by atoms with Crippen molar-refractivity contribution in [2.24, 2.45) is 0 Å². The summed E-state index contributed by atoms with van der Waals surface area (Å²) in [6.07, 6.45) is 1.41. The van der Waals surface area contributed by atoms with E-state index in [4.69, 9.17) is 9.84 Å². The monoisotopic (exact) mass is 325 g/mol. The predicted molar refractivity (Wildman–Crippen MR) is 70.1 cm³/mol.